The lowest BCUT2D eigenvalue weighted by Gasteiger charge is -2.18. The van der Waals surface area contributed by atoms with Gasteiger partial charge >= 0.3 is 0 Å². The van der Waals surface area contributed by atoms with Crippen LogP contribution in [0, 0.1) is 5.82 Å². The van der Waals surface area contributed by atoms with E-state index < -0.39 is 0 Å². The summed E-state index contributed by atoms with van der Waals surface area (Å²) in [5.74, 6) is -0.944. The molecule has 0 saturated heterocycles. The van der Waals surface area contributed by atoms with E-state index in [1.165, 1.54) is 24.3 Å². The van der Waals surface area contributed by atoms with E-state index in [0.29, 0.717) is 12.2 Å². The van der Waals surface area contributed by atoms with Crippen LogP contribution in [0.5, 0.6) is 0 Å². The average Bonchev–Trinajstić information content (AvgIpc) is 2.99. The molecule has 0 radical (unpaired) electrons. The minimum absolute atomic E-state index is 0.127. The van der Waals surface area contributed by atoms with Crippen LogP contribution in [-0.4, -0.2) is 36.3 Å². The minimum Gasteiger partial charge on any atom is -0.346 e. The largest absolute Gasteiger partial charge is 0.346 e. The van der Waals surface area contributed by atoms with Gasteiger partial charge in [0.15, 0.2) is 0 Å². The summed E-state index contributed by atoms with van der Waals surface area (Å²) in [6, 6.07) is 9.45. The molecule has 0 unspecified atom stereocenters. The van der Waals surface area contributed by atoms with E-state index >= 15 is 0 Å². The number of likely N-dealkylation sites (N-methyl/N-ethyl adjacent to an activating group) is 1. The minimum atomic E-state index is -0.372. The normalized spacial score (nSPS) is 10.7. The summed E-state index contributed by atoms with van der Waals surface area (Å²) in [4.78, 5) is 27.0. The number of hydrogen-bond acceptors (Lipinski definition) is 4. The molecule has 0 spiro atoms. The van der Waals surface area contributed by atoms with Gasteiger partial charge < -0.3 is 10.6 Å². The lowest BCUT2D eigenvalue weighted by Crippen LogP contribution is -2.40. The summed E-state index contributed by atoms with van der Waals surface area (Å²) in [5.41, 5.74) is 0.485. The molecule has 2 N–H and O–H groups in total. The second-order valence-electron chi connectivity index (χ2n) is 5.34. The van der Waals surface area contributed by atoms with Crippen LogP contribution in [-0.2, 0) is 16.1 Å². The number of amides is 2. The van der Waals surface area contributed by atoms with Crippen molar-refractivity contribution in [2.75, 3.05) is 25.0 Å². The first-order valence-corrected chi connectivity index (χ1v) is 9.36. The summed E-state index contributed by atoms with van der Waals surface area (Å²) in [7, 11) is 0. The third-order valence-electron chi connectivity index (χ3n) is 3.40. The van der Waals surface area contributed by atoms with Gasteiger partial charge in [-0.05, 0) is 58.9 Å². The lowest BCUT2D eigenvalue weighted by molar-refractivity contribution is -0.125. The van der Waals surface area contributed by atoms with E-state index in [4.69, 9.17) is 0 Å². The van der Waals surface area contributed by atoms with Crippen molar-refractivity contribution in [3.8, 4) is 0 Å². The van der Waals surface area contributed by atoms with Crippen molar-refractivity contribution in [1.29, 1.82) is 0 Å². The van der Waals surface area contributed by atoms with Crippen molar-refractivity contribution in [2.24, 2.45) is 0 Å². The maximum atomic E-state index is 12.8. The molecule has 1 aromatic heterocycles. The Hall–Kier alpha value is -1.77. The highest BCUT2D eigenvalue weighted by atomic mass is 79.9. The summed E-state index contributed by atoms with van der Waals surface area (Å²) in [6.45, 7) is 3.48. The van der Waals surface area contributed by atoms with Gasteiger partial charge in [-0.15, -0.1) is 11.3 Å². The van der Waals surface area contributed by atoms with Gasteiger partial charge in [-0.1, -0.05) is 6.92 Å². The quantitative estimate of drug-likeness (QED) is 0.679. The van der Waals surface area contributed by atoms with E-state index in [9.17, 15) is 14.0 Å². The third-order valence-corrected chi connectivity index (χ3v) is 5.01. The number of rotatable bonds is 8. The maximum absolute atomic E-state index is 12.8. The Morgan fingerprint density at radius 2 is 1.88 bits per heavy atom. The fourth-order valence-electron chi connectivity index (χ4n) is 2.11. The zero-order chi connectivity index (χ0) is 18.2. The van der Waals surface area contributed by atoms with Gasteiger partial charge in [-0.25, -0.2) is 4.39 Å². The highest BCUT2D eigenvalue weighted by Gasteiger charge is 2.12. The standard InChI is InChI=1S/C17H19BrFN3O2S/c1-2-22(10-14-7-8-15(18)25-14)11-17(24)20-9-16(23)21-13-5-3-12(19)4-6-13/h3-8H,2,9-11H2,1H3,(H,20,24)(H,21,23). The molecule has 0 bridgehead atoms. The summed E-state index contributed by atoms with van der Waals surface area (Å²) in [5, 5.41) is 5.19. The van der Waals surface area contributed by atoms with Gasteiger partial charge in [0, 0.05) is 17.1 Å². The molecular formula is C17H19BrFN3O2S. The van der Waals surface area contributed by atoms with Gasteiger partial charge in [0.25, 0.3) is 0 Å². The Bertz CT molecular complexity index is 721. The predicted octanol–water partition coefficient (Wildman–Crippen LogP) is 3.23. The number of carbonyl (C=O) groups excluding carboxylic acids is 2. The van der Waals surface area contributed by atoms with Gasteiger partial charge in [-0.3, -0.25) is 14.5 Å². The van der Waals surface area contributed by atoms with Crippen LogP contribution in [0.3, 0.4) is 0 Å². The number of nitrogens with one attached hydrogen (secondary N) is 2. The Balaban J connectivity index is 1.74. The number of halogens is 2. The first-order chi connectivity index (χ1) is 12.0. The van der Waals surface area contributed by atoms with E-state index in [-0.39, 0.29) is 30.7 Å². The van der Waals surface area contributed by atoms with Gasteiger partial charge in [-0.2, -0.15) is 0 Å². The summed E-state index contributed by atoms with van der Waals surface area (Å²) < 4.78 is 13.9. The van der Waals surface area contributed by atoms with Gasteiger partial charge in [0.2, 0.25) is 11.8 Å². The van der Waals surface area contributed by atoms with E-state index in [2.05, 4.69) is 26.6 Å². The molecule has 0 saturated carbocycles. The van der Waals surface area contributed by atoms with Crippen molar-refractivity contribution < 1.29 is 14.0 Å². The topological polar surface area (TPSA) is 61.4 Å². The number of hydrogen-bond donors (Lipinski definition) is 2. The van der Waals surface area contributed by atoms with Crippen LogP contribution in [0.15, 0.2) is 40.2 Å². The van der Waals surface area contributed by atoms with Gasteiger partial charge in [0.1, 0.15) is 5.82 Å². The van der Waals surface area contributed by atoms with Crippen LogP contribution in [0.2, 0.25) is 0 Å². The summed E-state index contributed by atoms with van der Waals surface area (Å²) in [6.07, 6.45) is 0. The summed E-state index contributed by atoms with van der Waals surface area (Å²) >= 11 is 5.05. The maximum Gasteiger partial charge on any atom is 0.243 e. The molecule has 1 aromatic carbocycles. The van der Waals surface area contributed by atoms with E-state index in [1.807, 2.05) is 24.0 Å². The SMILES string of the molecule is CCN(CC(=O)NCC(=O)Nc1ccc(F)cc1)Cc1ccc(Br)s1. The Kier molecular flexibility index (Phi) is 7.54. The number of thiophene rings is 1. The average molecular weight is 428 g/mol. The molecule has 0 atom stereocenters. The predicted molar refractivity (Wildman–Crippen MR) is 101 cm³/mol. The van der Waals surface area contributed by atoms with Crippen LogP contribution in [0.1, 0.15) is 11.8 Å². The zero-order valence-corrected chi connectivity index (χ0v) is 16.1. The number of benzene rings is 1. The lowest BCUT2D eigenvalue weighted by atomic mass is 10.3. The third kappa shape index (κ3) is 6.93. The van der Waals surface area contributed by atoms with Crippen molar-refractivity contribution in [2.45, 2.75) is 13.5 Å². The zero-order valence-electron chi connectivity index (χ0n) is 13.7. The van der Waals surface area contributed by atoms with Crippen LogP contribution in [0.4, 0.5) is 10.1 Å². The molecule has 0 aliphatic heterocycles. The number of anilines is 1. The van der Waals surface area contributed by atoms with Crippen molar-refractivity contribution in [3.63, 3.8) is 0 Å². The highest BCUT2D eigenvalue weighted by Crippen LogP contribution is 2.23. The monoisotopic (exact) mass is 427 g/mol. The Labute approximate surface area is 158 Å². The Morgan fingerprint density at radius 1 is 1.16 bits per heavy atom. The molecule has 25 heavy (non-hydrogen) atoms. The van der Waals surface area contributed by atoms with Crippen molar-refractivity contribution in [3.05, 3.63) is 50.9 Å². The van der Waals surface area contributed by atoms with Crippen LogP contribution < -0.4 is 10.6 Å². The molecule has 8 heteroatoms. The molecule has 2 rings (SSSR count). The van der Waals surface area contributed by atoms with Crippen molar-refractivity contribution in [1.82, 2.24) is 10.2 Å². The molecule has 2 aromatic rings. The van der Waals surface area contributed by atoms with E-state index in [0.717, 1.165) is 15.2 Å². The first kappa shape index (κ1) is 19.6. The molecule has 5 nitrogen and oxygen atoms in total. The smallest absolute Gasteiger partial charge is 0.243 e. The second kappa shape index (κ2) is 9.65. The first-order valence-electron chi connectivity index (χ1n) is 7.75. The molecule has 0 fully saturated rings. The highest BCUT2D eigenvalue weighted by molar-refractivity contribution is 9.11. The molecule has 134 valence electrons. The van der Waals surface area contributed by atoms with Crippen LogP contribution in [0.25, 0.3) is 0 Å². The van der Waals surface area contributed by atoms with E-state index in [1.54, 1.807) is 11.3 Å². The molecule has 0 aliphatic carbocycles. The number of nitrogens with zero attached hydrogens (tertiary/aromatic N) is 1. The molecular weight excluding hydrogens is 409 g/mol. The molecule has 0 aliphatic rings. The fourth-order valence-corrected chi connectivity index (χ4v) is 3.64. The molecule has 1 heterocycles. The van der Waals surface area contributed by atoms with Crippen LogP contribution >= 0.6 is 27.3 Å². The van der Waals surface area contributed by atoms with Gasteiger partial charge in [0.05, 0.1) is 16.9 Å². The second-order valence-corrected chi connectivity index (χ2v) is 7.89. The van der Waals surface area contributed by atoms with Crippen molar-refractivity contribution >= 4 is 44.8 Å². The number of carbonyl (C=O) groups is 2. The molecule has 2 amide bonds. The fraction of sp³-hybridized carbons (Fsp3) is 0.294. The Morgan fingerprint density at radius 3 is 2.48 bits per heavy atom.